The van der Waals surface area contributed by atoms with E-state index in [-0.39, 0.29) is 6.61 Å². The van der Waals surface area contributed by atoms with Crippen molar-refractivity contribution in [1.82, 2.24) is 0 Å². The molecule has 0 amide bonds. The summed E-state index contributed by atoms with van der Waals surface area (Å²) < 4.78 is 10.8. The van der Waals surface area contributed by atoms with Gasteiger partial charge in [0.15, 0.2) is 6.10 Å². The van der Waals surface area contributed by atoms with Crippen molar-refractivity contribution in [1.29, 1.82) is 0 Å². The highest BCUT2D eigenvalue weighted by atomic mass is 79.9. The molecule has 0 aliphatic rings. The molecule has 1 N–H and O–H groups in total. The number of carbonyl (C=O) groups is 1. The van der Waals surface area contributed by atoms with Gasteiger partial charge >= 0.3 is 5.97 Å². The predicted molar refractivity (Wildman–Crippen MR) is 71.8 cm³/mol. The third-order valence-corrected chi connectivity index (χ3v) is 3.71. The highest BCUT2D eigenvalue weighted by Crippen LogP contribution is 2.36. The van der Waals surface area contributed by atoms with Gasteiger partial charge in [0.05, 0.1) is 18.2 Å². The Morgan fingerprint density at radius 3 is 2.61 bits per heavy atom. The van der Waals surface area contributed by atoms with Crippen molar-refractivity contribution in [2.24, 2.45) is 0 Å². The SMILES string of the molecule is CCOC(=O)C(O)c1c(C)cc(OC)c(Br)c1C. The van der Waals surface area contributed by atoms with E-state index in [1.165, 1.54) is 0 Å². The van der Waals surface area contributed by atoms with Crippen LogP contribution >= 0.6 is 15.9 Å². The number of hydrogen-bond acceptors (Lipinski definition) is 4. The first-order valence-corrected chi connectivity index (χ1v) is 6.41. The van der Waals surface area contributed by atoms with Gasteiger partial charge in [0.2, 0.25) is 0 Å². The van der Waals surface area contributed by atoms with Crippen LogP contribution in [0.3, 0.4) is 0 Å². The Hall–Kier alpha value is -1.07. The summed E-state index contributed by atoms with van der Waals surface area (Å²) >= 11 is 3.39. The Balaban J connectivity index is 3.25. The van der Waals surface area contributed by atoms with E-state index in [4.69, 9.17) is 9.47 Å². The van der Waals surface area contributed by atoms with Crippen molar-refractivity contribution in [2.75, 3.05) is 13.7 Å². The zero-order valence-electron chi connectivity index (χ0n) is 10.9. The van der Waals surface area contributed by atoms with Gasteiger partial charge < -0.3 is 14.6 Å². The zero-order valence-corrected chi connectivity index (χ0v) is 12.5. The third-order valence-electron chi connectivity index (χ3n) is 2.73. The van der Waals surface area contributed by atoms with Gasteiger partial charge in [0, 0.05) is 0 Å². The summed E-state index contributed by atoms with van der Waals surface area (Å²) in [6.45, 7) is 5.58. The van der Waals surface area contributed by atoms with Gasteiger partial charge in [-0.2, -0.15) is 0 Å². The Morgan fingerprint density at radius 1 is 1.50 bits per heavy atom. The fourth-order valence-electron chi connectivity index (χ4n) is 1.84. The van der Waals surface area contributed by atoms with E-state index in [1.807, 2.05) is 13.8 Å². The van der Waals surface area contributed by atoms with Crippen LogP contribution in [0, 0.1) is 13.8 Å². The molecular weight excluding hydrogens is 300 g/mol. The fourth-order valence-corrected chi connectivity index (χ4v) is 2.33. The number of carbonyl (C=O) groups excluding carboxylic acids is 1. The molecule has 1 atom stereocenters. The summed E-state index contributed by atoms with van der Waals surface area (Å²) in [6, 6.07) is 1.77. The standard InChI is InChI=1S/C13H17BrO4/c1-5-18-13(16)12(15)10-7(2)6-9(17-4)11(14)8(10)3/h6,12,15H,5H2,1-4H3. The summed E-state index contributed by atoms with van der Waals surface area (Å²) in [5, 5.41) is 10.0. The normalized spacial score (nSPS) is 12.1. The van der Waals surface area contributed by atoms with Crippen LogP contribution in [0.25, 0.3) is 0 Å². The number of aliphatic hydroxyl groups is 1. The average Bonchev–Trinajstić information content (AvgIpc) is 2.34. The van der Waals surface area contributed by atoms with Crippen LogP contribution in [0.2, 0.25) is 0 Å². The maximum absolute atomic E-state index is 11.6. The summed E-state index contributed by atoms with van der Waals surface area (Å²) in [5.41, 5.74) is 2.11. The van der Waals surface area contributed by atoms with Crippen LogP contribution in [-0.2, 0) is 9.53 Å². The minimum absolute atomic E-state index is 0.241. The number of benzene rings is 1. The van der Waals surface area contributed by atoms with Crippen LogP contribution in [0.4, 0.5) is 0 Å². The van der Waals surface area contributed by atoms with E-state index in [0.717, 1.165) is 15.6 Å². The van der Waals surface area contributed by atoms with Gasteiger partial charge in [-0.15, -0.1) is 0 Å². The van der Waals surface area contributed by atoms with Crippen LogP contribution in [0.15, 0.2) is 10.5 Å². The second-order valence-corrected chi connectivity index (χ2v) is 4.70. The van der Waals surface area contributed by atoms with Crippen molar-refractivity contribution in [3.05, 3.63) is 27.2 Å². The summed E-state index contributed by atoms with van der Waals surface area (Å²) in [7, 11) is 1.57. The molecule has 1 aromatic rings. The van der Waals surface area contributed by atoms with Crippen molar-refractivity contribution >= 4 is 21.9 Å². The van der Waals surface area contributed by atoms with Crippen molar-refractivity contribution in [2.45, 2.75) is 26.9 Å². The molecule has 1 aromatic carbocycles. The van der Waals surface area contributed by atoms with Crippen molar-refractivity contribution in [3.63, 3.8) is 0 Å². The quantitative estimate of drug-likeness (QED) is 0.868. The Kier molecular flexibility index (Phi) is 5.16. The summed E-state index contributed by atoms with van der Waals surface area (Å²) in [6.07, 6.45) is -1.27. The molecule has 0 fully saturated rings. The number of aryl methyl sites for hydroxylation is 1. The average molecular weight is 317 g/mol. The van der Waals surface area contributed by atoms with E-state index < -0.39 is 12.1 Å². The molecule has 1 rings (SSSR count). The second kappa shape index (κ2) is 6.20. The first-order valence-electron chi connectivity index (χ1n) is 5.62. The van der Waals surface area contributed by atoms with E-state index >= 15 is 0 Å². The topological polar surface area (TPSA) is 55.8 Å². The highest BCUT2D eigenvalue weighted by molar-refractivity contribution is 9.10. The zero-order chi connectivity index (χ0) is 13.9. The van der Waals surface area contributed by atoms with Gasteiger partial charge in [-0.05, 0) is 59.5 Å². The van der Waals surface area contributed by atoms with Crippen molar-refractivity contribution < 1.29 is 19.4 Å². The molecule has 5 heteroatoms. The molecule has 0 aliphatic carbocycles. The number of rotatable bonds is 4. The number of ether oxygens (including phenoxy) is 2. The lowest BCUT2D eigenvalue weighted by Crippen LogP contribution is -2.17. The fraction of sp³-hybridized carbons (Fsp3) is 0.462. The van der Waals surface area contributed by atoms with Crippen LogP contribution < -0.4 is 4.74 Å². The molecule has 0 spiro atoms. The van der Waals surface area contributed by atoms with E-state index in [1.54, 1.807) is 20.1 Å². The molecule has 0 aromatic heterocycles. The molecule has 1 unspecified atom stereocenters. The molecule has 0 saturated carbocycles. The molecule has 0 radical (unpaired) electrons. The first-order chi connectivity index (χ1) is 8.43. The van der Waals surface area contributed by atoms with Crippen LogP contribution in [0.1, 0.15) is 29.7 Å². The van der Waals surface area contributed by atoms with Gasteiger partial charge in [-0.25, -0.2) is 4.79 Å². The molecule has 0 bridgehead atoms. The highest BCUT2D eigenvalue weighted by Gasteiger charge is 2.24. The number of aliphatic hydroxyl groups excluding tert-OH is 1. The lowest BCUT2D eigenvalue weighted by atomic mass is 9.97. The smallest absolute Gasteiger partial charge is 0.339 e. The lowest BCUT2D eigenvalue weighted by Gasteiger charge is -2.18. The van der Waals surface area contributed by atoms with Crippen LogP contribution in [0.5, 0.6) is 5.75 Å². The third kappa shape index (κ3) is 2.84. The summed E-state index contributed by atoms with van der Waals surface area (Å²) in [5.74, 6) is 0.0329. The van der Waals surface area contributed by atoms with E-state index in [2.05, 4.69) is 15.9 Å². The minimum atomic E-state index is -1.27. The lowest BCUT2D eigenvalue weighted by molar-refractivity contribution is -0.153. The second-order valence-electron chi connectivity index (χ2n) is 3.90. The summed E-state index contributed by atoms with van der Waals surface area (Å²) in [4.78, 5) is 11.6. The van der Waals surface area contributed by atoms with Gasteiger partial charge in [-0.3, -0.25) is 0 Å². The maximum atomic E-state index is 11.6. The molecule has 0 saturated heterocycles. The Morgan fingerprint density at radius 2 is 2.11 bits per heavy atom. The van der Waals surface area contributed by atoms with Gasteiger partial charge in [-0.1, -0.05) is 0 Å². The van der Waals surface area contributed by atoms with Gasteiger partial charge in [0.25, 0.3) is 0 Å². The van der Waals surface area contributed by atoms with E-state index in [9.17, 15) is 9.90 Å². The molecule has 4 nitrogen and oxygen atoms in total. The minimum Gasteiger partial charge on any atom is -0.496 e. The predicted octanol–water partition coefficient (Wildman–Crippen LogP) is 2.67. The number of esters is 1. The first kappa shape index (κ1) is 15.0. The Bertz CT molecular complexity index is 457. The molecule has 0 aliphatic heterocycles. The number of methoxy groups -OCH3 is 1. The van der Waals surface area contributed by atoms with Crippen LogP contribution in [-0.4, -0.2) is 24.8 Å². The molecular formula is C13H17BrO4. The van der Waals surface area contributed by atoms with Crippen molar-refractivity contribution in [3.8, 4) is 5.75 Å². The van der Waals surface area contributed by atoms with Gasteiger partial charge in [0.1, 0.15) is 5.75 Å². The Labute approximate surface area is 115 Å². The molecule has 18 heavy (non-hydrogen) atoms. The van der Waals surface area contributed by atoms with E-state index in [0.29, 0.717) is 11.3 Å². The largest absolute Gasteiger partial charge is 0.496 e. The maximum Gasteiger partial charge on any atom is 0.339 e. The monoisotopic (exact) mass is 316 g/mol. The molecule has 100 valence electrons. The number of hydrogen-bond donors (Lipinski definition) is 1. The molecule has 0 heterocycles. The number of halogens is 1.